The van der Waals surface area contributed by atoms with Gasteiger partial charge in [0.2, 0.25) is 0 Å². The molecule has 0 spiro atoms. The van der Waals surface area contributed by atoms with Crippen molar-refractivity contribution in [2.24, 2.45) is 0 Å². The van der Waals surface area contributed by atoms with Crippen molar-refractivity contribution < 1.29 is 9.53 Å². The van der Waals surface area contributed by atoms with Crippen LogP contribution in [0.3, 0.4) is 0 Å². The molecule has 0 bridgehead atoms. The van der Waals surface area contributed by atoms with Crippen LogP contribution in [0.25, 0.3) is 11.1 Å². The van der Waals surface area contributed by atoms with Crippen molar-refractivity contribution in [3.05, 3.63) is 51.0 Å². The topological polar surface area (TPSA) is 26.3 Å². The minimum Gasteiger partial charge on any atom is -0.495 e. The largest absolute Gasteiger partial charge is 0.495 e. The van der Waals surface area contributed by atoms with Gasteiger partial charge in [-0.05, 0) is 23.8 Å². The highest BCUT2D eigenvalue weighted by Gasteiger charge is 2.11. The molecule has 0 aliphatic carbocycles. The molecule has 0 amide bonds. The van der Waals surface area contributed by atoms with E-state index in [1.807, 2.05) is 0 Å². The third-order valence-electron chi connectivity index (χ3n) is 2.68. The SMILES string of the molecule is COc1cc(Cl)c(-c2ccc(Cl)c(C=O)c2)cc1Cl. The van der Waals surface area contributed by atoms with Crippen LogP contribution in [0.5, 0.6) is 5.75 Å². The molecule has 0 aliphatic heterocycles. The van der Waals surface area contributed by atoms with Crippen molar-refractivity contribution in [3.63, 3.8) is 0 Å². The van der Waals surface area contributed by atoms with Crippen LogP contribution < -0.4 is 4.74 Å². The Morgan fingerprint density at radius 3 is 2.37 bits per heavy atom. The number of methoxy groups -OCH3 is 1. The minimum absolute atomic E-state index is 0.398. The zero-order valence-corrected chi connectivity index (χ0v) is 12.2. The molecule has 0 heterocycles. The Kier molecular flexibility index (Phi) is 4.35. The van der Waals surface area contributed by atoms with Crippen LogP contribution in [0, 0.1) is 0 Å². The number of ether oxygens (including phenoxy) is 1. The first-order chi connectivity index (χ1) is 9.06. The first-order valence-electron chi connectivity index (χ1n) is 5.35. The van der Waals surface area contributed by atoms with Crippen molar-refractivity contribution in [1.82, 2.24) is 0 Å². The Balaban J connectivity index is 2.59. The lowest BCUT2D eigenvalue weighted by molar-refractivity contribution is 0.112. The summed E-state index contributed by atoms with van der Waals surface area (Å²) in [5.41, 5.74) is 1.88. The molecule has 0 unspecified atom stereocenters. The second-order valence-corrected chi connectivity index (χ2v) is 5.04. The van der Waals surface area contributed by atoms with E-state index in [4.69, 9.17) is 39.5 Å². The van der Waals surface area contributed by atoms with Gasteiger partial charge < -0.3 is 4.74 Å². The van der Waals surface area contributed by atoms with E-state index in [-0.39, 0.29) is 0 Å². The predicted octanol–water partition coefficient (Wildman–Crippen LogP) is 5.13. The van der Waals surface area contributed by atoms with Gasteiger partial charge in [0, 0.05) is 17.2 Å². The van der Waals surface area contributed by atoms with Gasteiger partial charge in [0.05, 0.1) is 22.2 Å². The van der Waals surface area contributed by atoms with E-state index in [0.717, 1.165) is 5.56 Å². The number of carbonyl (C=O) groups excluding carboxylic acids is 1. The van der Waals surface area contributed by atoms with Crippen LogP contribution in [0.2, 0.25) is 15.1 Å². The van der Waals surface area contributed by atoms with E-state index >= 15 is 0 Å². The number of hydrogen-bond donors (Lipinski definition) is 0. The molecule has 0 aliphatic rings. The summed E-state index contributed by atoms with van der Waals surface area (Å²) in [7, 11) is 1.52. The Morgan fingerprint density at radius 2 is 1.74 bits per heavy atom. The molecule has 0 fully saturated rings. The van der Waals surface area contributed by atoms with Gasteiger partial charge in [-0.25, -0.2) is 0 Å². The van der Waals surface area contributed by atoms with E-state index in [1.165, 1.54) is 7.11 Å². The zero-order valence-electron chi connectivity index (χ0n) is 9.91. The average Bonchev–Trinajstić information content (AvgIpc) is 2.41. The van der Waals surface area contributed by atoms with Crippen LogP contribution in [0.4, 0.5) is 0 Å². The van der Waals surface area contributed by atoms with Crippen LogP contribution in [-0.2, 0) is 0 Å². The van der Waals surface area contributed by atoms with Gasteiger partial charge in [0.25, 0.3) is 0 Å². The molecule has 98 valence electrons. The summed E-state index contributed by atoms with van der Waals surface area (Å²) in [5, 5.41) is 1.33. The molecule has 0 saturated carbocycles. The third kappa shape index (κ3) is 2.86. The summed E-state index contributed by atoms with van der Waals surface area (Å²) in [6.45, 7) is 0. The number of halogens is 3. The highest BCUT2D eigenvalue weighted by Crippen LogP contribution is 2.37. The van der Waals surface area contributed by atoms with Crippen molar-refractivity contribution >= 4 is 41.1 Å². The maximum Gasteiger partial charge on any atom is 0.151 e. The molecule has 0 saturated heterocycles. The maximum atomic E-state index is 10.9. The Bertz CT molecular complexity index is 639. The normalized spacial score (nSPS) is 10.3. The fourth-order valence-corrected chi connectivity index (χ4v) is 2.37. The standard InChI is InChI=1S/C14H9Cl3O2/c1-19-14-6-12(16)10(5-13(14)17)8-2-3-11(15)9(4-8)7-18/h2-7H,1H3. The predicted molar refractivity (Wildman–Crippen MR) is 78.8 cm³/mol. The highest BCUT2D eigenvalue weighted by molar-refractivity contribution is 6.36. The second-order valence-electron chi connectivity index (χ2n) is 3.82. The third-order valence-corrected chi connectivity index (χ3v) is 3.63. The summed E-state index contributed by atoms with van der Waals surface area (Å²) in [5.74, 6) is 0.500. The van der Waals surface area contributed by atoms with Gasteiger partial charge in [-0.15, -0.1) is 0 Å². The number of hydrogen-bond acceptors (Lipinski definition) is 2. The highest BCUT2D eigenvalue weighted by atomic mass is 35.5. The number of aldehydes is 1. The molecule has 0 radical (unpaired) electrons. The van der Waals surface area contributed by atoms with E-state index in [1.54, 1.807) is 30.3 Å². The lowest BCUT2D eigenvalue weighted by Crippen LogP contribution is -1.89. The average molecular weight is 316 g/mol. The first kappa shape index (κ1) is 14.2. The van der Waals surface area contributed by atoms with Crippen molar-refractivity contribution in [2.45, 2.75) is 0 Å². The van der Waals surface area contributed by atoms with Gasteiger partial charge >= 0.3 is 0 Å². The molecule has 0 atom stereocenters. The van der Waals surface area contributed by atoms with Crippen molar-refractivity contribution in [2.75, 3.05) is 7.11 Å². The molecule has 5 heteroatoms. The van der Waals surface area contributed by atoms with Gasteiger partial charge in [-0.1, -0.05) is 40.9 Å². The van der Waals surface area contributed by atoms with Gasteiger partial charge in [-0.3, -0.25) is 4.79 Å². The summed E-state index contributed by atoms with van der Waals surface area (Å²) in [6, 6.07) is 8.42. The number of rotatable bonds is 3. The molecular weight excluding hydrogens is 307 g/mol. The lowest BCUT2D eigenvalue weighted by atomic mass is 10.0. The fraction of sp³-hybridized carbons (Fsp3) is 0.0714. The summed E-state index contributed by atoms with van der Waals surface area (Å²) in [4.78, 5) is 10.9. The zero-order chi connectivity index (χ0) is 14.0. The fourth-order valence-electron chi connectivity index (χ4n) is 1.71. The molecule has 19 heavy (non-hydrogen) atoms. The molecule has 2 aromatic carbocycles. The van der Waals surface area contributed by atoms with Crippen LogP contribution in [-0.4, -0.2) is 13.4 Å². The van der Waals surface area contributed by atoms with Gasteiger partial charge in [0.1, 0.15) is 5.75 Å². The smallest absolute Gasteiger partial charge is 0.151 e. The molecule has 2 aromatic rings. The lowest BCUT2D eigenvalue weighted by Gasteiger charge is -2.10. The van der Waals surface area contributed by atoms with Crippen LogP contribution in [0.1, 0.15) is 10.4 Å². The molecule has 2 nitrogen and oxygen atoms in total. The van der Waals surface area contributed by atoms with Gasteiger partial charge in [-0.2, -0.15) is 0 Å². The number of benzene rings is 2. The molecule has 2 rings (SSSR count). The van der Waals surface area contributed by atoms with Crippen LogP contribution in [0.15, 0.2) is 30.3 Å². The Morgan fingerprint density at radius 1 is 1.00 bits per heavy atom. The van der Waals surface area contributed by atoms with E-state index < -0.39 is 0 Å². The Hall–Kier alpha value is -1.22. The van der Waals surface area contributed by atoms with Crippen molar-refractivity contribution in [3.8, 4) is 16.9 Å². The summed E-state index contributed by atoms with van der Waals surface area (Å²) >= 11 is 18.2. The Labute approximate surface area is 125 Å². The van der Waals surface area contributed by atoms with Gasteiger partial charge in [0.15, 0.2) is 6.29 Å². The minimum atomic E-state index is 0.398. The summed E-state index contributed by atoms with van der Waals surface area (Å²) < 4.78 is 5.09. The van der Waals surface area contributed by atoms with E-state index in [9.17, 15) is 4.79 Å². The van der Waals surface area contributed by atoms with Crippen LogP contribution >= 0.6 is 34.8 Å². The maximum absolute atomic E-state index is 10.9. The second kappa shape index (κ2) is 5.83. The molecule has 0 aromatic heterocycles. The van der Waals surface area contributed by atoms with E-state index in [0.29, 0.717) is 38.2 Å². The monoisotopic (exact) mass is 314 g/mol. The first-order valence-corrected chi connectivity index (χ1v) is 6.48. The molecule has 0 N–H and O–H groups in total. The summed E-state index contributed by atoms with van der Waals surface area (Å²) in [6.07, 6.45) is 0.699. The van der Waals surface area contributed by atoms with E-state index in [2.05, 4.69) is 0 Å². The van der Waals surface area contributed by atoms with Crippen molar-refractivity contribution in [1.29, 1.82) is 0 Å². The number of carbonyl (C=O) groups is 1. The molecular formula is C14H9Cl3O2. The quantitative estimate of drug-likeness (QED) is 0.733.